The number of methoxy groups -OCH3 is 1. The van der Waals surface area contributed by atoms with Gasteiger partial charge < -0.3 is 14.0 Å². The number of hydrogen-bond acceptors (Lipinski definition) is 4. The highest BCUT2D eigenvalue weighted by atomic mass is 16.5. The quantitative estimate of drug-likeness (QED) is 0.505. The van der Waals surface area contributed by atoms with Gasteiger partial charge in [-0.2, -0.15) is 5.10 Å². The highest BCUT2D eigenvalue weighted by Crippen LogP contribution is 2.25. The van der Waals surface area contributed by atoms with Crippen LogP contribution in [0.2, 0.25) is 0 Å². The summed E-state index contributed by atoms with van der Waals surface area (Å²) in [6.45, 7) is 3.91. The van der Waals surface area contributed by atoms with Crippen LogP contribution < -0.4 is 14.9 Å². The van der Waals surface area contributed by atoms with Gasteiger partial charge in [-0.25, -0.2) is 5.43 Å². The van der Waals surface area contributed by atoms with E-state index in [2.05, 4.69) is 27.2 Å². The van der Waals surface area contributed by atoms with E-state index >= 15 is 0 Å². The molecule has 0 aliphatic heterocycles. The molecule has 1 aromatic heterocycles. The molecule has 0 aliphatic rings. The minimum Gasteiger partial charge on any atom is -0.493 e. The summed E-state index contributed by atoms with van der Waals surface area (Å²) in [7, 11) is 1.55. The Bertz CT molecular complexity index is 978. The number of hydrazone groups is 1. The first-order chi connectivity index (χ1) is 13.6. The summed E-state index contributed by atoms with van der Waals surface area (Å²) in [6, 6.07) is 19.3. The molecule has 1 heterocycles. The van der Waals surface area contributed by atoms with Crippen molar-refractivity contribution in [3.63, 3.8) is 0 Å². The fourth-order valence-corrected chi connectivity index (χ4v) is 2.98. The molecule has 0 atom stereocenters. The molecule has 0 bridgehead atoms. The van der Waals surface area contributed by atoms with Crippen molar-refractivity contribution >= 4 is 12.1 Å². The van der Waals surface area contributed by atoms with Crippen LogP contribution in [-0.2, 0) is 4.79 Å². The van der Waals surface area contributed by atoms with Gasteiger partial charge >= 0.3 is 0 Å². The number of hydrogen-bond donors (Lipinski definition) is 1. The molecule has 2 aromatic carbocycles. The highest BCUT2D eigenvalue weighted by molar-refractivity contribution is 5.84. The van der Waals surface area contributed by atoms with E-state index in [1.165, 1.54) is 0 Å². The first-order valence-corrected chi connectivity index (χ1v) is 8.92. The molecule has 6 heteroatoms. The molecular formula is C22H23N3O3. The van der Waals surface area contributed by atoms with Gasteiger partial charge in [-0.15, -0.1) is 0 Å². The smallest absolute Gasteiger partial charge is 0.277 e. The molecule has 0 saturated carbocycles. The van der Waals surface area contributed by atoms with Gasteiger partial charge in [0.25, 0.3) is 5.91 Å². The number of amides is 1. The van der Waals surface area contributed by atoms with E-state index in [9.17, 15) is 4.79 Å². The van der Waals surface area contributed by atoms with Gasteiger partial charge in [0.15, 0.2) is 18.1 Å². The lowest BCUT2D eigenvalue weighted by molar-refractivity contribution is -0.123. The molecule has 0 spiro atoms. The third-order valence-corrected chi connectivity index (χ3v) is 4.31. The zero-order valence-corrected chi connectivity index (χ0v) is 16.2. The Kier molecular flexibility index (Phi) is 6.11. The predicted octanol–water partition coefficient (Wildman–Crippen LogP) is 3.63. The van der Waals surface area contributed by atoms with Crippen LogP contribution in [0.5, 0.6) is 11.5 Å². The van der Waals surface area contributed by atoms with E-state index in [4.69, 9.17) is 9.47 Å². The molecule has 0 unspecified atom stereocenters. The normalized spacial score (nSPS) is 10.8. The molecular weight excluding hydrogens is 354 g/mol. The number of para-hydroxylation sites is 3. The highest BCUT2D eigenvalue weighted by Gasteiger charge is 2.09. The average molecular weight is 377 g/mol. The van der Waals surface area contributed by atoms with E-state index in [0.717, 1.165) is 22.6 Å². The van der Waals surface area contributed by atoms with Crippen LogP contribution in [0.4, 0.5) is 0 Å². The van der Waals surface area contributed by atoms with Gasteiger partial charge in [-0.3, -0.25) is 4.79 Å². The van der Waals surface area contributed by atoms with E-state index in [1.54, 1.807) is 25.5 Å². The van der Waals surface area contributed by atoms with Crippen molar-refractivity contribution in [1.82, 2.24) is 9.99 Å². The first kappa shape index (κ1) is 19.2. The molecule has 144 valence electrons. The molecule has 1 amide bonds. The van der Waals surface area contributed by atoms with Crippen LogP contribution in [0, 0.1) is 13.8 Å². The SMILES string of the molecule is COc1ccccc1OCC(=O)N/N=C/c1cc(C)n(-c2ccccc2)c1C. The van der Waals surface area contributed by atoms with Gasteiger partial charge in [-0.1, -0.05) is 30.3 Å². The average Bonchev–Trinajstić information content (AvgIpc) is 3.00. The molecule has 1 N–H and O–H groups in total. The summed E-state index contributed by atoms with van der Waals surface area (Å²) >= 11 is 0. The second-order valence-electron chi connectivity index (χ2n) is 6.23. The van der Waals surface area contributed by atoms with Crippen LogP contribution in [-0.4, -0.2) is 30.4 Å². The Hall–Kier alpha value is -3.54. The third kappa shape index (κ3) is 4.40. The number of ether oxygens (including phenoxy) is 2. The van der Waals surface area contributed by atoms with E-state index in [0.29, 0.717) is 11.5 Å². The van der Waals surface area contributed by atoms with Gasteiger partial charge in [0.1, 0.15) is 0 Å². The van der Waals surface area contributed by atoms with Crippen molar-refractivity contribution in [2.24, 2.45) is 5.10 Å². The van der Waals surface area contributed by atoms with Gasteiger partial charge in [0.05, 0.1) is 13.3 Å². The second-order valence-corrected chi connectivity index (χ2v) is 6.23. The maximum atomic E-state index is 12.0. The van der Waals surface area contributed by atoms with Crippen molar-refractivity contribution in [1.29, 1.82) is 0 Å². The van der Waals surface area contributed by atoms with Gasteiger partial charge in [-0.05, 0) is 44.2 Å². The first-order valence-electron chi connectivity index (χ1n) is 8.92. The Morgan fingerprint density at radius 1 is 1.07 bits per heavy atom. The number of carbonyl (C=O) groups excluding carboxylic acids is 1. The van der Waals surface area contributed by atoms with Crippen LogP contribution >= 0.6 is 0 Å². The number of nitrogens with one attached hydrogen (secondary N) is 1. The van der Waals surface area contributed by atoms with Crippen LogP contribution in [0.1, 0.15) is 17.0 Å². The number of carbonyl (C=O) groups is 1. The minimum atomic E-state index is -0.348. The summed E-state index contributed by atoms with van der Waals surface area (Å²) in [4.78, 5) is 12.0. The fourth-order valence-electron chi connectivity index (χ4n) is 2.98. The Labute approximate surface area is 164 Å². The van der Waals surface area contributed by atoms with Crippen LogP contribution in [0.15, 0.2) is 65.8 Å². The number of rotatable bonds is 7. The minimum absolute atomic E-state index is 0.152. The molecule has 0 aliphatic carbocycles. The summed E-state index contributed by atoms with van der Waals surface area (Å²) in [5, 5.41) is 4.06. The van der Waals surface area contributed by atoms with Crippen molar-refractivity contribution in [2.45, 2.75) is 13.8 Å². The van der Waals surface area contributed by atoms with Crippen molar-refractivity contribution in [3.8, 4) is 17.2 Å². The predicted molar refractivity (Wildman–Crippen MR) is 109 cm³/mol. The maximum Gasteiger partial charge on any atom is 0.277 e. The zero-order chi connectivity index (χ0) is 19.9. The summed E-state index contributed by atoms with van der Waals surface area (Å²) < 4.78 is 12.8. The van der Waals surface area contributed by atoms with Crippen molar-refractivity contribution < 1.29 is 14.3 Å². The lowest BCUT2D eigenvalue weighted by atomic mass is 10.2. The second kappa shape index (κ2) is 8.90. The largest absolute Gasteiger partial charge is 0.493 e. The Morgan fingerprint density at radius 3 is 2.46 bits per heavy atom. The van der Waals surface area contributed by atoms with E-state index < -0.39 is 0 Å². The summed E-state index contributed by atoms with van der Waals surface area (Å²) in [5.74, 6) is 0.738. The van der Waals surface area contributed by atoms with Crippen molar-refractivity contribution in [2.75, 3.05) is 13.7 Å². The molecule has 28 heavy (non-hydrogen) atoms. The van der Waals surface area contributed by atoms with E-state index in [1.807, 2.05) is 50.2 Å². The van der Waals surface area contributed by atoms with E-state index in [-0.39, 0.29) is 12.5 Å². The Morgan fingerprint density at radius 2 is 1.75 bits per heavy atom. The number of nitrogens with zero attached hydrogens (tertiary/aromatic N) is 2. The lowest BCUT2D eigenvalue weighted by Crippen LogP contribution is -2.24. The van der Waals surface area contributed by atoms with Crippen LogP contribution in [0.25, 0.3) is 5.69 Å². The monoisotopic (exact) mass is 377 g/mol. The molecule has 0 fully saturated rings. The Balaban J connectivity index is 1.61. The standard InChI is InChI=1S/C22H23N3O3/c1-16-13-18(17(2)25(16)19-9-5-4-6-10-19)14-23-24-22(26)15-28-21-12-8-7-11-20(21)27-3/h4-14H,15H2,1-3H3,(H,24,26)/b23-14+. The summed E-state index contributed by atoms with van der Waals surface area (Å²) in [5.41, 5.74) is 6.66. The maximum absolute atomic E-state index is 12.0. The third-order valence-electron chi connectivity index (χ3n) is 4.31. The number of benzene rings is 2. The molecule has 3 aromatic rings. The summed E-state index contributed by atoms with van der Waals surface area (Å²) in [6.07, 6.45) is 1.64. The number of aryl methyl sites for hydroxylation is 1. The van der Waals surface area contributed by atoms with Gasteiger partial charge in [0, 0.05) is 22.6 Å². The fraction of sp³-hybridized carbons (Fsp3) is 0.182. The molecule has 3 rings (SSSR count). The molecule has 0 saturated heterocycles. The van der Waals surface area contributed by atoms with Gasteiger partial charge in [0.2, 0.25) is 0 Å². The zero-order valence-electron chi connectivity index (χ0n) is 16.2. The molecule has 6 nitrogen and oxygen atoms in total. The topological polar surface area (TPSA) is 64.8 Å². The lowest BCUT2D eigenvalue weighted by Gasteiger charge is -2.09. The van der Waals surface area contributed by atoms with Crippen LogP contribution in [0.3, 0.4) is 0 Å². The molecule has 0 radical (unpaired) electrons. The number of aromatic nitrogens is 1. The van der Waals surface area contributed by atoms with Crippen molar-refractivity contribution in [3.05, 3.63) is 77.6 Å².